The van der Waals surface area contributed by atoms with Gasteiger partial charge < -0.3 is 4.74 Å². The molecular weight excluding hydrogens is 239 g/mol. The first-order valence-corrected chi connectivity index (χ1v) is 4.22. The minimum atomic E-state index is -5.79. The number of esters is 1. The first kappa shape index (κ1) is 14.8. The SMILES string of the molecule is CCOC(=O)CC(=O)CC(F)(F)C(F)(F)F. The standard InChI is InChI=1S/C8H9F5O3/c1-2-16-6(15)3-5(14)4-7(9,10)8(11,12)13/h2-4H2,1H3. The second kappa shape index (κ2) is 5.22. The molecule has 0 aromatic carbocycles. The van der Waals surface area contributed by atoms with E-state index in [9.17, 15) is 31.5 Å². The molecule has 0 heterocycles. The van der Waals surface area contributed by atoms with Gasteiger partial charge in [0.25, 0.3) is 0 Å². The fraction of sp³-hybridized carbons (Fsp3) is 0.750. The molecule has 0 aliphatic rings. The van der Waals surface area contributed by atoms with Crippen LogP contribution < -0.4 is 0 Å². The Morgan fingerprint density at radius 1 is 1.12 bits per heavy atom. The lowest BCUT2D eigenvalue weighted by Crippen LogP contribution is -2.38. The average Bonchev–Trinajstić information content (AvgIpc) is 1.99. The number of ether oxygens (including phenoxy) is 1. The number of hydrogen-bond donors (Lipinski definition) is 0. The molecule has 0 radical (unpaired) electrons. The monoisotopic (exact) mass is 248 g/mol. The van der Waals surface area contributed by atoms with Gasteiger partial charge >= 0.3 is 18.1 Å². The van der Waals surface area contributed by atoms with Gasteiger partial charge in [0.2, 0.25) is 0 Å². The maximum absolute atomic E-state index is 12.3. The lowest BCUT2D eigenvalue weighted by Gasteiger charge is -2.18. The van der Waals surface area contributed by atoms with E-state index in [0.717, 1.165) is 0 Å². The molecule has 0 aromatic heterocycles. The molecule has 0 atom stereocenters. The summed E-state index contributed by atoms with van der Waals surface area (Å²) in [4.78, 5) is 21.3. The third-order valence-corrected chi connectivity index (χ3v) is 1.48. The molecule has 0 aromatic rings. The van der Waals surface area contributed by atoms with Crippen molar-refractivity contribution in [2.75, 3.05) is 6.61 Å². The van der Waals surface area contributed by atoms with Gasteiger partial charge in [-0.05, 0) is 6.92 Å². The van der Waals surface area contributed by atoms with E-state index in [1.807, 2.05) is 0 Å². The van der Waals surface area contributed by atoms with E-state index < -0.39 is 36.7 Å². The van der Waals surface area contributed by atoms with Gasteiger partial charge in [-0.1, -0.05) is 0 Å². The van der Waals surface area contributed by atoms with Gasteiger partial charge in [0.05, 0.1) is 13.0 Å². The fourth-order valence-electron chi connectivity index (χ4n) is 0.783. The summed E-state index contributed by atoms with van der Waals surface area (Å²) in [7, 11) is 0. The number of halogens is 5. The number of ketones is 1. The number of hydrogen-bond acceptors (Lipinski definition) is 3. The summed E-state index contributed by atoms with van der Waals surface area (Å²) >= 11 is 0. The van der Waals surface area contributed by atoms with Gasteiger partial charge in [-0.25, -0.2) is 0 Å². The highest BCUT2D eigenvalue weighted by Crippen LogP contribution is 2.38. The van der Waals surface area contributed by atoms with Crippen molar-refractivity contribution in [2.24, 2.45) is 0 Å². The maximum atomic E-state index is 12.3. The van der Waals surface area contributed by atoms with E-state index in [1.54, 1.807) is 0 Å². The summed E-state index contributed by atoms with van der Waals surface area (Å²) in [6.07, 6.45) is -8.92. The van der Waals surface area contributed by atoms with Gasteiger partial charge in [-0.15, -0.1) is 0 Å². The zero-order valence-corrected chi connectivity index (χ0v) is 8.24. The predicted octanol–water partition coefficient (Wildman–Crippen LogP) is 2.10. The summed E-state index contributed by atoms with van der Waals surface area (Å²) in [5, 5.41) is 0. The van der Waals surface area contributed by atoms with Crippen LogP contribution in [0.2, 0.25) is 0 Å². The number of carbonyl (C=O) groups excluding carboxylic acids is 2. The Morgan fingerprint density at radius 2 is 1.62 bits per heavy atom. The summed E-state index contributed by atoms with van der Waals surface area (Å²) in [5.41, 5.74) is 0. The van der Waals surface area contributed by atoms with Crippen molar-refractivity contribution in [1.29, 1.82) is 0 Å². The third-order valence-electron chi connectivity index (χ3n) is 1.48. The van der Waals surface area contributed by atoms with Gasteiger partial charge in [-0.3, -0.25) is 9.59 Å². The topological polar surface area (TPSA) is 43.4 Å². The van der Waals surface area contributed by atoms with Gasteiger partial charge in [-0.2, -0.15) is 22.0 Å². The summed E-state index contributed by atoms with van der Waals surface area (Å²) in [6.45, 7) is 1.33. The van der Waals surface area contributed by atoms with Crippen molar-refractivity contribution in [1.82, 2.24) is 0 Å². The van der Waals surface area contributed by atoms with E-state index in [1.165, 1.54) is 6.92 Å². The molecule has 94 valence electrons. The average molecular weight is 248 g/mol. The molecule has 3 nitrogen and oxygen atoms in total. The Bertz CT molecular complexity index is 271. The molecule has 0 saturated carbocycles. The van der Waals surface area contributed by atoms with Crippen LogP contribution in [-0.4, -0.2) is 30.5 Å². The molecular formula is C8H9F5O3. The lowest BCUT2D eigenvalue weighted by molar-refractivity contribution is -0.281. The molecule has 8 heteroatoms. The smallest absolute Gasteiger partial charge is 0.453 e. The Morgan fingerprint density at radius 3 is 2.00 bits per heavy atom. The first-order valence-electron chi connectivity index (χ1n) is 4.22. The lowest BCUT2D eigenvalue weighted by atomic mass is 10.1. The van der Waals surface area contributed by atoms with Crippen LogP contribution in [0.5, 0.6) is 0 Å². The van der Waals surface area contributed by atoms with E-state index in [0.29, 0.717) is 0 Å². The van der Waals surface area contributed by atoms with E-state index >= 15 is 0 Å². The number of carbonyl (C=O) groups is 2. The fourth-order valence-corrected chi connectivity index (χ4v) is 0.783. The molecule has 0 rings (SSSR count). The highest BCUT2D eigenvalue weighted by molar-refractivity contribution is 5.95. The molecule has 0 N–H and O–H groups in total. The molecule has 0 saturated heterocycles. The number of Topliss-reactive ketones (excluding diaryl/α,β-unsaturated/α-hetero) is 1. The van der Waals surface area contributed by atoms with Crippen molar-refractivity contribution in [3.05, 3.63) is 0 Å². The predicted molar refractivity (Wildman–Crippen MR) is 41.9 cm³/mol. The van der Waals surface area contributed by atoms with Crippen LogP contribution in [-0.2, 0) is 14.3 Å². The van der Waals surface area contributed by atoms with Gasteiger partial charge in [0, 0.05) is 0 Å². The molecule has 0 spiro atoms. The second-order valence-electron chi connectivity index (χ2n) is 2.90. The van der Waals surface area contributed by atoms with Crippen molar-refractivity contribution in [3.63, 3.8) is 0 Å². The normalized spacial score (nSPS) is 12.4. The largest absolute Gasteiger partial charge is 0.466 e. The van der Waals surface area contributed by atoms with E-state index in [4.69, 9.17) is 0 Å². The summed E-state index contributed by atoms with van der Waals surface area (Å²) in [6, 6.07) is 0. The number of rotatable bonds is 5. The Labute approximate surface area is 87.6 Å². The van der Waals surface area contributed by atoms with Gasteiger partial charge in [0.1, 0.15) is 12.2 Å². The Kier molecular flexibility index (Phi) is 4.82. The zero-order valence-electron chi connectivity index (χ0n) is 8.24. The molecule has 0 aliphatic carbocycles. The maximum Gasteiger partial charge on any atom is 0.453 e. The van der Waals surface area contributed by atoms with Crippen LogP contribution in [0.25, 0.3) is 0 Å². The molecule has 0 fully saturated rings. The minimum Gasteiger partial charge on any atom is -0.466 e. The van der Waals surface area contributed by atoms with E-state index in [-0.39, 0.29) is 6.61 Å². The molecule has 0 unspecified atom stereocenters. The van der Waals surface area contributed by atoms with Crippen LogP contribution in [0.4, 0.5) is 22.0 Å². The third kappa shape index (κ3) is 4.54. The quantitative estimate of drug-likeness (QED) is 0.425. The minimum absolute atomic E-state index is 0.0816. The molecule has 16 heavy (non-hydrogen) atoms. The van der Waals surface area contributed by atoms with Gasteiger partial charge in [0.15, 0.2) is 0 Å². The zero-order chi connectivity index (χ0) is 13.0. The highest BCUT2D eigenvalue weighted by atomic mass is 19.4. The van der Waals surface area contributed by atoms with Crippen LogP contribution in [0.3, 0.4) is 0 Å². The summed E-state index contributed by atoms with van der Waals surface area (Å²) < 4.78 is 63.8. The van der Waals surface area contributed by atoms with Crippen LogP contribution in [0.1, 0.15) is 19.8 Å². The van der Waals surface area contributed by atoms with Crippen LogP contribution in [0, 0.1) is 0 Å². The summed E-state index contributed by atoms with van der Waals surface area (Å²) in [5.74, 6) is -7.75. The van der Waals surface area contributed by atoms with Crippen LogP contribution in [0.15, 0.2) is 0 Å². The van der Waals surface area contributed by atoms with Crippen LogP contribution >= 0.6 is 0 Å². The number of alkyl halides is 5. The molecule has 0 amide bonds. The second-order valence-corrected chi connectivity index (χ2v) is 2.90. The van der Waals surface area contributed by atoms with Crippen molar-refractivity contribution in [3.8, 4) is 0 Å². The Hall–Kier alpha value is -1.21. The van der Waals surface area contributed by atoms with E-state index in [2.05, 4.69) is 4.74 Å². The highest BCUT2D eigenvalue weighted by Gasteiger charge is 2.58. The van der Waals surface area contributed by atoms with Crippen molar-refractivity contribution < 1.29 is 36.3 Å². The first-order chi connectivity index (χ1) is 7.10. The molecule has 0 bridgehead atoms. The molecule has 0 aliphatic heterocycles. The van der Waals surface area contributed by atoms with Crippen molar-refractivity contribution in [2.45, 2.75) is 31.9 Å². The Balaban J connectivity index is 4.30. The van der Waals surface area contributed by atoms with Crippen molar-refractivity contribution >= 4 is 11.8 Å².